The number of hydrogen-bond donors (Lipinski definition) is 4. The molecule has 1 saturated heterocycles. The van der Waals surface area contributed by atoms with Gasteiger partial charge >= 0.3 is 17.9 Å². The third-order valence-corrected chi connectivity index (χ3v) is 14.2. The smallest absolute Gasteiger partial charge is 0.350 e. The Labute approximate surface area is 356 Å². The molecule has 2 bridgehead atoms. The second-order valence-corrected chi connectivity index (χ2v) is 18.0. The number of carbonyl (C=O) groups excluding carboxylic acids is 5. The summed E-state index contributed by atoms with van der Waals surface area (Å²) in [4.78, 5) is 71.2. The van der Waals surface area contributed by atoms with Crippen molar-refractivity contribution in [2.24, 2.45) is 33.8 Å². The predicted octanol–water partition coefficient (Wildman–Crippen LogP) is 5.04. The lowest BCUT2D eigenvalue weighted by Crippen LogP contribution is -2.77. The van der Waals surface area contributed by atoms with E-state index in [4.69, 9.17) is 24.7 Å². The summed E-state index contributed by atoms with van der Waals surface area (Å²) >= 11 is 0. The summed E-state index contributed by atoms with van der Waals surface area (Å²) in [6.45, 7) is 10.8. The molecule has 3 aromatic carbocycles. The number of fused-ring (bicyclic) bond motifs is 5. The summed E-state index contributed by atoms with van der Waals surface area (Å²) in [5, 5.41) is 28.5. The zero-order valence-electron chi connectivity index (χ0n) is 35.5. The zero-order chi connectivity index (χ0) is 44.1. The number of Topliss-reactive ketones (excluding diaryl/α,β-unsaturated/α-hetero) is 1. The van der Waals surface area contributed by atoms with Crippen LogP contribution in [0.4, 0.5) is 0 Å². The number of aliphatic hydroxyl groups excluding tert-OH is 1. The second kappa shape index (κ2) is 16.6. The number of aliphatic hydroxyl groups is 2. The molecule has 7 rings (SSSR count). The molecular weight excluding hydrogens is 781 g/mol. The van der Waals surface area contributed by atoms with Gasteiger partial charge in [-0.1, -0.05) is 94.4 Å². The Morgan fingerprint density at radius 2 is 1.49 bits per heavy atom. The van der Waals surface area contributed by atoms with Gasteiger partial charge < -0.3 is 40.2 Å². The van der Waals surface area contributed by atoms with E-state index < -0.39 is 94.1 Å². The number of rotatable bonds is 11. The number of nitrogens with two attached hydrogens (primary N) is 1. The average Bonchev–Trinajstić information content (AvgIpc) is 3.24. The first-order chi connectivity index (χ1) is 28.9. The van der Waals surface area contributed by atoms with Crippen LogP contribution in [0.5, 0.6) is 0 Å². The predicted molar refractivity (Wildman–Crippen MR) is 222 cm³/mol. The van der Waals surface area contributed by atoms with Crippen molar-refractivity contribution in [2.75, 3.05) is 13.2 Å². The van der Waals surface area contributed by atoms with Crippen LogP contribution in [-0.4, -0.2) is 89.1 Å². The summed E-state index contributed by atoms with van der Waals surface area (Å²) in [5.41, 5.74) is 1.95. The number of amides is 1. The van der Waals surface area contributed by atoms with E-state index in [1.54, 1.807) is 126 Å². The largest absolute Gasteiger partial charge is 0.455 e. The highest BCUT2D eigenvalue weighted by molar-refractivity contribution is 5.95. The minimum atomic E-state index is -2.04. The van der Waals surface area contributed by atoms with Crippen molar-refractivity contribution in [3.63, 3.8) is 0 Å². The summed E-state index contributed by atoms with van der Waals surface area (Å²) in [5.74, 6) is -5.30. The lowest BCUT2D eigenvalue weighted by Gasteiger charge is -2.68. The zero-order valence-corrected chi connectivity index (χ0v) is 35.5. The van der Waals surface area contributed by atoms with E-state index in [1.807, 2.05) is 6.92 Å². The fraction of sp³-hybridized carbons (Fsp3) is 0.479. The normalized spacial score (nSPS) is 32.3. The SMILES string of the molecule is CC1=C2[C@@H](C)C(=O)[C@@]3(C)C(C(OC(=O)c4ccccc4)[C@](O)(C[C@@H]1OC(=O)[C@H](OC(=O)CCN)C(NC(=O)c1ccccc1)c1ccccc1)C2(C)C)[C@]1(C)COC1C[C@@H]3O. The third-order valence-electron chi connectivity index (χ3n) is 14.2. The highest BCUT2D eigenvalue weighted by Crippen LogP contribution is 2.66. The van der Waals surface area contributed by atoms with Crippen LogP contribution in [0.1, 0.15) is 93.1 Å². The molecule has 5 N–H and O–H groups in total. The van der Waals surface area contributed by atoms with Crippen LogP contribution in [0.2, 0.25) is 0 Å². The summed E-state index contributed by atoms with van der Waals surface area (Å²) in [6, 6.07) is 24.0. The van der Waals surface area contributed by atoms with E-state index in [1.165, 1.54) is 0 Å². The highest BCUT2D eigenvalue weighted by atomic mass is 16.6. The van der Waals surface area contributed by atoms with Gasteiger partial charge in [-0.15, -0.1) is 0 Å². The molecule has 2 saturated carbocycles. The van der Waals surface area contributed by atoms with Crippen molar-refractivity contribution in [1.29, 1.82) is 0 Å². The van der Waals surface area contributed by atoms with Gasteiger partial charge in [0.15, 0.2) is 0 Å². The molecule has 3 aromatic rings. The Bertz CT molecular complexity index is 2200. The Hall–Kier alpha value is -5.21. The Morgan fingerprint density at radius 1 is 0.902 bits per heavy atom. The molecule has 3 fully saturated rings. The molecule has 0 aromatic heterocycles. The molecule has 3 aliphatic carbocycles. The van der Waals surface area contributed by atoms with Gasteiger partial charge in [0.2, 0.25) is 6.10 Å². The van der Waals surface area contributed by atoms with Crippen LogP contribution in [-0.2, 0) is 33.3 Å². The number of esters is 3. The van der Waals surface area contributed by atoms with E-state index in [-0.39, 0.29) is 43.8 Å². The van der Waals surface area contributed by atoms with E-state index >= 15 is 4.79 Å². The van der Waals surface area contributed by atoms with Gasteiger partial charge in [-0.2, -0.15) is 0 Å². The minimum absolute atomic E-state index is 0.0719. The summed E-state index contributed by atoms with van der Waals surface area (Å²) < 4.78 is 24.7. The molecule has 11 atom stereocenters. The van der Waals surface area contributed by atoms with Crippen LogP contribution >= 0.6 is 0 Å². The molecule has 4 unspecified atom stereocenters. The topological polar surface area (TPSA) is 201 Å². The standard InChI is InChI=1S/C48H56N2O11/c1-27-32(59-44(56)38(60-35(52)22-23-49)37(29-16-10-7-11-17-29)50-42(54)30-18-12-8-13-19-30)25-48(57)41(61-43(55)31-20-14-9-15-21-31)39-46(5)26-58-34(46)24-33(51)47(39,6)40(53)28(2)36(27)45(48,3)4/h7-21,28,32-34,37-39,41,51,57H,22-26,49H2,1-6H3,(H,50,54)/t28-,32+,33+,34?,37?,38-,39?,41?,46-,47-,48-/m1/s1. The number of benzene rings is 3. The number of ketones is 1. The molecule has 0 radical (unpaired) electrons. The van der Waals surface area contributed by atoms with Gasteiger partial charge in [0.25, 0.3) is 5.91 Å². The maximum Gasteiger partial charge on any atom is 0.350 e. The molecule has 1 heterocycles. The molecule has 61 heavy (non-hydrogen) atoms. The van der Waals surface area contributed by atoms with E-state index in [0.717, 1.165) is 0 Å². The third kappa shape index (κ3) is 7.38. The van der Waals surface area contributed by atoms with Gasteiger partial charge in [-0.05, 0) is 54.8 Å². The number of hydrogen-bond acceptors (Lipinski definition) is 12. The fourth-order valence-electron chi connectivity index (χ4n) is 10.9. The van der Waals surface area contributed by atoms with Crippen LogP contribution in [0, 0.1) is 28.1 Å². The van der Waals surface area contributed by atoms with Gasteiger partial charge in [-0.3, -0.25) is 14.4 Å². The molecule has 13 heteroatoms. The molecule has 4 aliphatic rings. The molecular formula is C48H56N2O11. The van der Waals surface area contributed by atoms with Crippen molar-refractivity contribution in [3.05, 3.63) is 119 Å². The number of ether oxygens (including phenoxy) is 4. The summed E-state index contributed by atoms with van der Waals surface area (Å²) in [6.07, 6.45) is -6.49. The van der Waals surface area contributed by atoms with Crippen LogP contribution in [0.25, 0.3) is 0 Å². The van der Waals surface area contributed by atoms with Gasteiger partial charge in [-0.25, -0.2) is 9.59 Å². The lowest BCUT2D eigenvalue weighted by atomic mass is 9.41. The van der Waals surface area contributed by atoms with Crippen molar-refractivity contribution in [3.8, 4) is 0 Å². The van der Waals surface area contributed by atoms with E-state index in [0.29, 0.717) is 22.3 Å². The van der Waals surface area contributed by atoms with Gasteiger partial charge in [0.1, 0.15) is 29.6 Å². The monoisotopic (exact) mass is 836 g/mol. The molecule has 1 aliphatic heterocycles. The Kier molecular flexibility index (Phi) is 11.9. The van der Waals surface area contributed by atoms with Crippen LogP contribution < -0.4 is 11.1 Å². The van der Waals surface area contributed by atoms with Gasteiger partial charge in [0, 0.05) is 47.6 Å². The lowest BCUT2D eigenvalue weighted by molar-refractivity contribution is -0.312. The molecule has 0 spiro atoms. The second-order valence-electron chi connectivity index (χ2n) is 18.0. The number of nitrogens with one attached hydrogen (secondary N) is 1. The van der Waals surface area contributed by atoms with Crippen LogP contribution in [0.15, 0.2) is 102 Å². The van der Waals surface area contributed by atoms with Crippen molar-refractivity contribution < 1.29 is 53.1 Å². The Balaban J connectivity index is 1.35. The maximum absolute atomic E-state index is 15.2. The van der Waals surface area contributed by atoms with E-state index in [9.17, 15) is 29.4 Å². The maximum atomic E-state index is 15.2. The molecule has 324 valence electrons. The quantitative estimate of drug-likeness (QED) is 0.114. The first kappa shape index (κ1) is 43.9. The first-order valence-corrected chi connectivity index (χ1v) is 20.9. The highest BCUT2D eigenvalue weighted by Gasteiger charge is 2.74. The van der Waals surface area contributed by atoms with E-state index in [2.05, 4.69) is 5.32 Å². The first-order valence-electron chi connectivity index (χ1n) is 20.9. The van der Waals surface area contributed by atoms with Crippen molar-refractivity contribution >= 4 is 29.6 Å². The van der Waals surface area contributed by atoms with Crippen LogP contribution in [0.3, 0.4) is 0 Å². The Morgan fingerprint density at radius 3 is 2.07 bits per heavy atom. The van der Waals surface area contributed by atoms with Crippen molar-refractivity contribution in [1.82, 2.24) is 5.32 Å². The van der Waals surface area contributed by atoms with Crippen molar-refractivity contribution in [2.45, 2.75) is 103 Å². The van der Waals surface area contributed by atoms with Gasteiger partial charge in [0.05, 0.1) is 36.2 Å². The minimum Gasteiger partial charge on any atom is -0.455 e. The molecule has 1 amide bonds. The molecule has 13 nitrogen and oxygen atoms in total. The summed E-state index contributed by atoms with van der Waals surface area (Å²) in [7, 11) is 0. The number of carbonyl (C=O) groups is 5. The fourth-order valence-corrected chi connectivity index (χ4v) is 10.9. The average molecular weight is 837 g/mol.